The predicted molar refractivity (Wildman–Crippen MR) is 156 cm³/mol. The quantitative estimate of drug-likeness (QED) is 0.243. The highest BCUT2D eigenvalue weighted by atomic mass is 32.2. The normalized spacial score (nSPS) is 14.6. The van der Waals surface area contributed by atoms with E-state index in [2.05, 4.69) is 77.1 Å². The van der Waals surface area contributed by atoms with Gasteiger partial charge < -0.3 is 9.80 Å². The van der Waals surface area contributed by atoms with E-state index in [0.717, 1.165) is 43.7 Å². The second-order valence-corrected chi connectivity index (χ2v) is 10.5. The summed E-state index contributed by atoms with van der Waals surface area (Å²) in [4.78, 5) is 10.4. The van der Waals surface area contributed by atoms with Crippen molar-refractivity contribution in [1.29, 1.82) is 0 Å². The fourth-order valence-corrected chi connectivity index (χ4v) is 6.09. The first-order valence-corrected chi connectivity index (χ1v) is 13.1. The van der Waals surface area contributed by atoms with Crippen molar-refractivity contribution in [2.24, 2.45) is 0 Å². The second kappa shape index (κ2) is 8.71. The Labute approximate surface area is 225 Å². The fourth-order valence-electron chi connectivity index (χ4n) is 5.19. The molecule has 7 rings (SSSR count). The number of hydrogen-bond donors (Lipinski definition) is 0. The summed E-state index contributed by atoms with van der Waals surface area (Å²) in [6, 6.07) is 35.2. The Bertz CT molecular complexity index is 1900. The lowest BCUT2D eigenvalue weighted by Crippen LogP contribution is -2.23. The zero-order chi connectivity index (χ0) is 27.4. The molecule has 0 N–H and O–H groups in total. The number of nitrogens with zero attached hydrogens (tertiary/aromatic N) is 4. The molecular formula is C32H26N4S. The number of aromatic nitrogens is 2. The van der Waals surface area contributed by atoms with Gasteiger partial charge in [0, 0.05) is 43.5 Å². The number of anilines is 3. The van der Waals surface area contributed by atoms with Gasteiger partial charge in [0.15, 0.2) is 0 Å². The highest BCUT2D eigenvalue weighted by Crippen LogP contribution is 2.41. The molecule has 0 unspecified atom stereocenters. The molecule has 4 nitrogen and oxygen atoms in total. The Morgan fingerprint density at radius 1 is 0.757 bits per heavy atom. The molecule has 0 amide bonds. The molecular weight excluding hydrogens is 472 g/mol. The smallest absolute Gasteiger partial charge is 0.137 e. The summed E-state index contributed by atoms with van der Waals surface area (Å²) in [7, 11) is 0. The van der Waals surface area contributed by atoms with Crippen LogP contribution in [-0.4, -0.2) is 23.2 Å². The topological polar surface area (TPSA) is 24.3 Å². The molecule has 1 aliphatic rings. The summed E-state index contributed by atoms with van der Waals surface area (Å²) in [6.07, 6.45) is 1.86. The van der Waals surface area contributed by atoms with Crippen LogP contribution in [0.3, 0.4) is 0 Å². The Morgan fingerprint density at radius 3 is 2.46 bits per heavy atom. The summed E-state index contributed by atoms with van der Waals surface area (Å²) >= 11 is 1.69. The fraction of sp³-hybridized carbons (Fsp3) is 0.0938. The largest absolute Gasteiger partial charge is 0.355 e. The van der Waals surface area contributed by atoms with Gasteiger partial charge in [-0.05, 0) is 73.2 Å². The molecule has 3 heterocycles. The van der Waals surface area contributed by atoms with E-state index in [1.807, 2.05) is 48.7 Å². The standard InChI is InChI=1S/C32H26N4S/c1-22-16-17-33-32(18-22)36-28-11-4-3-10-26(28)27-15-14-25(20-31(27)36)37-24-9-7-8-23(19-24)35-21-34(2)29-12-5-6-13-30(29)35/h3-20H,21H2,1-2H3/i2D3. The molecule has 0 saturated carbocycles. The molecule has 1 aliphatic heterocycles. The molecule has 0 bridgehead atoms. The third kappa shape index (κ3) is 3.74. The third-order valence-electron chi connectivity index (χ3n) is 6.89. The van der Waals surface area contributed by atoms with Crippen LogP contribution in [0.25, 0.3) is 27.6 Å². The Morgan fingerprint density at radius 2 is 1.57 bits per heavy atom. The van der Waals surface area contributed by atoms with Gasteiger partial charge in [-0.3, -0.25) is 4.57 Å². The molecule has 0 atom stereocenters. The van der Waals surface area contributed by atoms with Crippen molar-refractivity contribution in [3.63, 3.8) is 0 Å². The van der Waals surface area contributed by atoms with E-state index in [-0.39, 0.29) is 6.67 Å². The van der Waals surface area contributed by atoms with Crippen molar-refractivity contribution in [1.82, 2.24) is 9.55 Å². The maximum Gasteiger partial charge on any atom is 0.137 e. The molecule has 180 valence electrons. The number of benzene rings is 4. The molecule has 0 radical (unpaired) electrons. The van der Waals surface area contributed by atoms with E-state index in [1.54, 1.807) is 11.8 Å². The average molecular weight is 502 g/mol. The van der Waals surface area contributed by atoms with Crippen molar-refractivity contribution >= 4 is 50.6 Å². The van der Waals surface area contributed by atoms with E-state index in [0.29, 0.717) is 0 Å². The molecule has 5 heteroatoms. The molecule has 0 aliphatic carbocycles. The van der Waals surface area contributed by atoms with Gasteiger partial charge in [0.25, 0.3) is 0 Å². The number of aryl methyl sites for hydroxylation is 1. The van der Waals surface area contributed by atoms with Crippen LogP contribution in [-0.2, 0) is 0 Å². The highest BCUT2D eigenvalue weighted by molar-refractivity contribution is 7.99. The molecule has 0 fully saturated rings. The van der Waals surface area contributed by atoms with Crippen LogP contribution in [0, 0.1) is 6.92 Å². The maximum atomic E-state index is 8.02. The summed E-state index contributed by atoms with van der Waals surface area (Å²) < 4.78 is 26.3. The van der Waals surface area contributed by atoms with Gasteiger partial charge in [0.05, 0.1) is 29.1 Å². The first-order chi connectivity index (χ1) is 19.4. The lowest BCUT2D eigenvalue weighted by atomic mass is 10.2. The van der Waals surface area contributed by atoms with Crippen LogP contribution < -0.4 is 9.80 Å². The van der Waals surface area contributed by atoms with Gasteiger partial charge in [-0.25, -0.2) is 4.98 Å². The Balaban J connectivity index is 1.27. The van der Waals surface area contributed by atoms with Crippen LogP contribution >= 0.6 is 11.8 Å². The third-order valence-corrected chi connectivity index (χ3v) is 7.87. The SMILES string of the molecule is [2H]C([2H])([2H])N1CN(c2cccc(Sc3ccc4c5ccccc5n(-c5cc(C)ccn5)c4c3)c2)c2ccccc21. The predicted octanol–water partition coefficient (Wildman–Crippen LogP) is 8.18. The van der Waals surface area contributed by atoms with Gasteiger partial charge in [-0.1, -0.05) is 54.2 Å². The number of hydrogen-bond acceptors (Lipinski definition) is 4. The van der Waals surface area contributed by atoms with E-state index in [4.69, 9.17) is 9.10 Å². The summed E-state index contributed by atoms with van der Waals surface area (Å²) in [6.45, 7) is 0.153. The van der Waals surface area contributed by atoms with Crippen LogP contribution in [0.2, 0.25) is 0 Å². The van der Waals surface area contributed by atoms with Crippen LogP contribution in [0.4, 0.5) is 17.1 Å². The van der Waals surface area contributed by atoms with Crippen molar-refractivity contribution < 1.29 is 4.11 Å². The summed E-state index contributed by atoms with van der Waals surface area (Å²) in [5.41, 5.74) is 6.00. The summed E-state index contributed by atoms with van der Waals surface area (Å²) in [5.74, 6) is 0.904. The first kappa shape index (κ1) is 19.0. The molecule has 6 aromatic rings. The minimum Gasteiger partial charge on any atom is -0.355 e. The van der Waals surface area contributed by atoms with Crippen molar-refractivity contribution in [3.8, 4) is 5.82 Å². The lowest BCUT2D eigenvalue weighted by Gasteiger charge is -2.20. The number of fused-ring (bicyclic) bond motifs is 4. The Hall–Kier alpha value is -4.22. The van der Waals surface area contributed by atoms with Gasteiger partial charge in [0.2, 0.25) is 0 Å². The van der Waals surface area contributed by atoms with E-state index in [9.17, 15) is 0 Å². The van der Waals surface area contributed by atoms with Crippen LogP contribution in [0.1, 0.15) is 9.68 Å². The van der Waals surface area contributed by atoms with E-state index in [1.165, 1.54) is 21.2 Å². The number of para-hydroxylation sites is 3. The van der Waals surface area contributed by atoms with Gasteiger partial charge in [-0.2, -0.15) is 0 Å². The number of rotatable bonds is 4. The zero-order valence-electron chi connectivity index (χ0n) is 23.3. The number of pyridine rings is 1. The van der Waals surface area contributed by atoms with Gasteiger partial charge >= 0.3 is 0 Å². The van der Waals surface area contributed by atoms with Crippen LogP contribution in [0.15, 0.2) is 119 Å². The lowest BCUT2D eigenvalue weighted by molar-refractivity contribution is 0.948. The van der Waals surface area contributed by atoms with E-state index < -0.39 is 6.98 Å². The van der Waals surface area contributed by atoms with E-state index >= 15 is 0 Å². The van der Waals surface area contributed by atoms with Crippen molar-refractivity contribution in [3.05, 3.63) is 115 Å². The minimum atomic E-state index is -2.21. The summed E-state index contributed by atoms with van der Waals surface area (Å²) in [5, 5.41) is 2.39. The molecule has 0 spiro atoms. The Kier molecular flexibility index (Phi) is 4.47. The molecule has 2 aromatic heterocycles. The van der Waals surface area contributed by atoms with Crippen molar-refractivity contribution in [2.75, 3.05) is 23.4 Å². The average Bonchev–Trinajstić information content (AvgIpc) is 3.50. The monoisotopic (exact) mass is 501 g/mol. The molecule has 37 heavy (non-hydrogen) atoms. The second-order valence-electron chi connectivity index (χ2n) is 9.31. The molecule has 0 saturated heterocycles. The highest BCUT2D eigenvalue weighted by Gasteiger charge is 2.24. The van der Waals surface area contributed by atoms with Gasteiger partial charge in [-0.15, -0.1) is 0 Å². The first-order valence-electron chi connectivity index (χ1n) is 13.8. The zero-order valence-corrected chi connectivity index (χ0v) is 21.1. The van der Waals surface area contributed by atoms with Crippen LogP contribution in [0.5, 0.6) is 0 Å². The minimum absolute atomic E-state index is 0.277. The molecule has 4 aromatic carbocycles. The van der Waals surface area contributed by atoms with Crippen molar-refractivity contribution in [2.45, 2.75) is 16.7 Å². The van der Waals surface area contributed by atoms with Gasteiger partial charge in [0.1, 0.15) is 5.82 Å². The maximum absolute atomic E-state index is 8.02.